The third-order valence-electron chi connectivity index (χ3n) is 4.51. The van der Waals surface area contributed by atoms with E-state index in [2.05, 4.69) is 17.2 Å². The molecule has 1 fully saturated rings. The second kappa shape index (κ2) is 10.0. The number of urea groups is 1. The van der Waals surface area contributed by atoms with Gasteiger partial charge < -0.3 is 20.1 Å². The van der Waals surface area contributed by atoms with Gasteiger partial charge in [-0.05, 0) is 42.8 Å². The Hall–Kier alpha value is -3.78. The van der Waals surface area contributed by atoms with Crippen LogP contribution in [0.4, 0.5) is 10.5 Å². The molecule has 0 bridgehead atoms. The number of methoxy groups -OCH3 is 1. The number of hydrogen-bond donors (Lipinski definition) is 2. The number of nitrogens with one attached hydrogen (secondary N) is 2. The molecule has 0 atom stereocenters. The molecule has 2 aromatic rings. The van der Waals surface area contributed by atoms with E-state index >= 15 is 0 Å². The third kappa shape index (κ3) is 5.28. The summed E-state index contributed by atoms with van der Waals surface area (Å²) in [6.45, 7) is 5.33. The first kappa shape index (κ1) is 22.9. The number of imide groups is 1. The Morgan fingerprint density at radius 2 is 1.97 bits per heavy atom. The first-order valence-corrected chi connectivity index (χ1v) is 10.0. The monoisotopic (exact) mass is 455 g/mol. The zero-order valence-corrected chi connectivity index (χ0v) is 18.4. The fourth-order valence-electron chi connectivity index (χ4n) is 2.97. The summed E-state index contributed by atoms with van der Waals surface area (Å²) in [5, 5.41) is 5.40. The molecule has 0 aromatic heterocycles. The van der Waals surface area contributed by atoms with Crippen molar-refractivity contribution >= 4 is 41.2 Å². The molecule has 2 aromatic carbocycles. The highest BCUT2D eigenvalue weighted by Crippen LogP contribution is 2.37. The molecule has 1 aliphatic rings. The van der Waals surface area contributed by atoms with Crippen molar-refractivity contribution in [2.75, 3.05) is 25.6 Å². The molecular weight excluding hydrogens is 434 g/mol. The predicted molar refractivity (Wildman–Crippen MR) is 122 cm³/mol. The summed E-state index contributed by atoms with van der Waals surface area (Å²) in [6.07, 6.45) is 3.02. The van der Waals surface area contributed by atoms with Gasteiger partial charge in [0.2, 0.25) is 5.91 Å². The normalized spacial score (nSPS) is 14.3. The topological polar surface area (TPSA) is 97.0 Å². The Morgan fingerprint density at radius 3 is 2.62 bits per heavy atom. The summed E-state index contributed by atoms with van der Waals surface area (Å²) < 4.78 is 10.8. The van der Waals surface area contributed by atoms with Crippen LogP contribution in [0.1, 0.15) is 11.1 Å². The summed E-state index contributed by atoms with van der Waals surface area (Å²) in [5.41, 5.74) is 2.14. The van der Waals surface area contributed by atoms with Gasteiger partial charge in [-0.3, -0.25) is 9.59 Å². The lowest BCUT2D eigenvalue weighted by atomic mass is 10.1. The standard InChI is InChI=1S/C23H22ClN3O5/c1-4-9-32-21-17(24)10-15(12-19(21)31-3)11-18-22(29)27(23(30)26-18)13-20(28)25-16-7-5-14(2)6-8-16/h4-8,10-12H,1,9,13H2,2-3H3,(H,25,28)(H,26,30). The van der Waals surface area contributed by atoms with Crippen molar-refractivity contribution in [3.05, 3.63) is 70.9 Å². The molecule has 32 heavy (non-hydrogen) atoms. The zero-order valence-electron chi connectivity index (χ0n) is 17.6. The summed E-state index contributed by atoms with van der Waals surface area (Å²) in [7, 11) is 1.46. The fraction of sp³-hybridized carbons (Fsp3) is 0.174. The van der Waals surface area contributed by atoms with E-state index in [4.69, 9.17) is 21.1 Å². The summed E-state index contributed by atoms with van der Waals surface area (Å²) in [5.74, 6) is -0.423. The number of anilines is 1. The third-order valence-corrected chi connectivity index (χ3v) is 4.79. The Morgan fingerprint density at radius 1 is 1.25 bits per heavy atom. The molecule has 0 unspecified atom stereocenters. The molecule has 4 amide bonds. The molecule has 0 radical (unpaired) electrons. The van der Waals surface area contributed by atoms with Crippen LogP contribution in [-0.4, -0.2) is 43.0 Å². The molecule has 1 aliphatic heterocycles. The lowest BCUT2D eigenvalue weighted by Gasteiger charge is -2.12. The molecule has 0 spiro atoms. The lowest BCUT2D eigenvalue weighted by Crippen LogP contribution is -2.38. The lowest BCUT2D eigenvalue weighted by molar-refractivity contribution is -0.127. The number of halogens is 1. The summed E-state index contributed by atoms with van der Waals surface area (Å²) in [4.78, 5) is 38.1. The summed E-state index contributed by atoms with van der Waals surface area (Å²) >= 11 is 6.28. The zero-order chi connectivity index (χ0) is 23.3. The maximum absolute atomic E-state index is 12.7. The van der Waals surface area contributed by atoms with Gasteiger partial charge in [-0.1, -0.05) is 42.0 Å². The van der Waals surface area contributed by atoms with Gasteiger partial charge in [-0.2, -0.15) is 0 Å². The van der Waals surface area contributed by atoms with E-state index in [-0.39, 0.29) is 17.3 Å². The van der Waals surface area contributed by atoms with E-state index in [0.29, 0.717) is 22.7 Å². The van der Waals surface area contributed by atoms with Crippen LogP contribution < -0.4 is 20.1 Å². The number of aryl methyl sites for hydroxylation is 1. The second-order valence-corrected chi connectivity index (χ2v) is 7.33. The quantitative estimate of drug-likeness (QED) is 0.359. The molecule has 9 heteroatoms. The van der Waals surface area contributed by atoms with Crippen LogP contribution >= 0.6 is 11.6 Å². The van der Waals surface area contributed by atoms with Gasteiger partial charge in [0.15, 0.2) is 11.5 Å². The van der Waals surface area contributed by atoms with Crippen molar-refractivity contribution in [1.29, 1.82) is 0 Å². The van der Waals surface area contributed by atoms with Crippen molar-refractivity contribution < 1.29 is 23.9 Å². The molecule has 3 rings (SSSR count). The van der Waals surface area contributed by atoms with Crippen LogP contribution in [0, 0.1) is 6.92 Å². The minimum Gasteiger partial charge on any atom is -0.493 e. The minimum atomic E-state index is -0.690. The van der Waals surface area contributed by atoms with E-state index in [0.717, 1.165) is 10.5 Å². The molecule has 1 saturated heterocycles. The molecule has 1 heterocycles. The van der Waals surface area contributed by atoms with Crippen LogP contribution in [0.15, 0.2) is 54.8 Å². The van der Waals surface area contributed by atoms with E-state index in [9.17, 15) is 14.4 Å². The van der Waals surface area contributed by atoms with Crippen LogP contribution in [0.25, 0.3) is 6.08 Å². The number of benzene rings is 2. The van der Waals surface area contributed by atoms with Gasteiger partial charge in [0, 0.05) is 5.69 Å². The number of carbonyl (C=O) groups excluding carboxylic acids is 3. The first-order valence-electron chi connectivity index (χ1n) is 9.64. The maximum atomic E-state index is 12.7. The number of rotatable bonds is 8. The van der Waals surface area contributed by atoms with Gasteiger partial charge in [0.1, 0.15) is 18.8 Å². The molecule has 166 valence electrons. The number of hydrogen-bond acceptors (Lipinski definition) is 5. The van der Waals surface area contributed by atoms with E-state index in [1.807, 2.05) is 19.1 Å². The predicted octanol–water partition coefficient (Wildman–Crippen LogP) is 3.75. The highest BCUT2D eigenvalue weighted by molar-refractivity contribution is 6.32. The Balaban J connectivity index is 1.74. The average molecular weight is 456 g/mol. The number of carbonyl (C=O) groups is 3. The Labute approximate surface area is 190 Å². The minimum absolute atomic E-state index is 0.0102. The fourth-order valence-corrected chi connectivity index (χ4v) is 3.24. The van der Waals surface area contributed by atoms with Gasteiger partial charge in [0.25, 0.3) is 5.91 Å². The van der Waals surface area contributed by atoms with Crippen molar-refractivity contribution in [3.8, 4) is 11.5 Å². The smallest absolute Gasteiger partial charge is 0.329 e. The van der Waals surface area contributed by atoms with Crippen LogP contribution in [0.5, 0.6) is 11.5 Å². The average Bonchev–Trinajstić information content (AvgIpc) is 3.01. The van der Waals surface area contributed by atoms with E-state index < -0.39 is 24.4 Å². The maximum Gasteiger partial charge on any atom is 0.329 e. The van der Waals surface area contributed by atoms with Crippen molar-refractivity contribution in [2.45, 2.75) is 6.92 Å². The number of ether oxygens (including phenoxy) is 2. The number of amides is 4. The molecule has 0 saturated carbocycles. The van der Waals surface area contributed by atoms with Crippen LogP contribution in [0.3, 0.4) is 0 Å². The Kier molecular flexibility index (Phi) is 7.17. The van der Waals surface area contributed by atoms with Gasteiger partial charge >= 0.3 is 6.03 Å². The second-order valence-electron chi connectivity index (χ2n) is 6.93. The Bertz CT molecular complexity index is 1100. The van der Waals surface area contributed by atoms with Gasteiger partial charge in [-0.15, -0.1) is 0 Å². The summed E-state index contributed by atoms with van der Waals surface area (Å²) in [6, 6.07) is 9.66. The van der Waals surface area contributed by atoms with Gasteiger partial charge in [0.05, 0.1) is 12.1 Å². The first-order chi connectivity index (χ1) is 15.3. The van der Waals surface area contributed by atoms with Gasteiger partial charge in [-0.25, -0.2) is 9.69 Å². The largest absolute Gasteiger partial charge is 0.493 e. The van der Waals surface area contributed by atoms with Crippen molar-refractivity contribution in [1.82, 2.24) is 10.2 Å². The van der Waals surface area contributed by atoms with E-state index in [1.54, 1.807) is 30.3 Å². The number of nitrogens with zero attached hydrogens (tertiary/aromatic N) is 1. The molecule has 8 nitrogen and oxygen atoms in total. The SMILES string of the molecule is C=CCOc1c(Cl)cc(C=C2NC(=O)N(CC(=O)Nc3ccc(C)cc3)C2=O)cc1OC. The molecular formula is C23H22ClN3O5. The van der Waals surface area contributed by atoms with Crippen LogP contribution in [0.2, 0.25) is 5.02 Å². The van der Waals surface area contributed by atoms with Crippen LogP contribution in [-0.2, 0) is 9.59 Å². The van der Waals surface area contributed by atoms with E-state index in [1.165, 1.54) is 13.2 Å². The highest BCUT2D eigenvalue weighted by atomic mass is 35.5. The van der Waals surface area contributed by atoms with Crippen molar-refractivity contribution in [2.24, 2.45) is 0 Å². The van der Waals surface area contributed by atoms with Crippen molar-refractivity contribution in [3.63, 3.8) is 0 Å². The molecule has 2 N–H and O–H groups in total. The molecule has 0 aliphatic carbocycles. The highest BCUT2D eigenvalue weighted by Gasteiger charge is 2.35.